The number of phenolic OH excluding ortho intramolecular Hbond substituents is 1. The van der Waals surface area contributed by atoms with Gasteiger partial charge in [0.25, 0.3) is 5.91 Å². The summed E-state index contributed by atoms with van der Waals surface area (Å²) in [5.74, 6) is -2.83. The largest absolute Gasteiger partial charge is 0.507 e. The number of benzene rings is 3. The van der Waals surface area contributed by atoms with Gasteiger partial charge in [-0.2, -0.15) is 18.3 Å². The molecule has 0 radical (unpaired) electrons. The summed E-state index contributed by atoms with van der Waals surface area (Å²) >= 11 is 0. The fourth-order valence-corrected chi connectivity index (χ4v) is 2.59. The van der Waals surface area contributed by atoms with E-state index in [1.807, 2.05) is 0 Å². The molecule has 154 valence electrons. The Labute approximate surface area is 167 Å². The van der Waals surface area contributed by atoms with E-state index in [1.54, 1.807) is 0 Å². The molecule has 0 spiro atoms. The summed E-state index contributed by atoms with van der Waals surface area (Å²) < 4.78 is 64.7. The van der Waals surface area contributed by atoms with Gasteiger partial charge in [0.05, 0.1) is 17.3 Å². The van der Waals surface area contributed by atoms with Crippen molar-refractivity contribution < 1.29 is 31.9 Å². The first-order chi connectivity index (χ1) is 14.1. The van der Waals surface area contributed by atoms with Crippen molar-refractivity contribution >= 4 is 12.1 Å². The summed E-state index contributed by atoms with van der Waals surface area (Å²) in [6.07, 6.45) is -3.34. The quantitative estimate of drug-likeness (QED) is 0.350. The number of hydrogen-bond donors (Lipinski definition) is 2. The first-order valence-electron chi connectivity index (χ1n) is 8.44. The van der Waals surface area contributed by atoms with Crippen LogP contribution in [0, 0.1) is 11.6 Å². The van der Waals surface area contributed by atoms with E-state index in [0.29, 0.717) is 11.6 Å². The van der Waals surface area contributed by atoms with Gasteiger partial charge < -0.3 is 5.11 Å². The molecule has 1 amide bonds. The number of nitrogens with zero attached hydrogens (tertiary/aromatic N) is 1. The minimum absolute atomic E-state index is 0.0266. The van der Waals surface area contributed by atoms with Gasteiger partial charge in [0.1, 0.15) is 17.4 Å². The Morgan fingerprint density at radius 1 is 0.967 bits per heavy atom. The minimum Gasteiger partial charge on any atom is -0.507 e. The van der Waals surface area contributed by atoms with Crippen LogP contribution < -0.4 is 5.43 Å². The van der Waals surface area contributed by atoms with Gasteiger partial charge in [-0.25, -0.2) is 14.2 Å². The summed E-state index contributed by atoms with van der Waals surface area (Å²) in [5.41, 5.74) is 1.64. The van der Waals surface area contributed by atoms with Crippen molar-refractivity contribution in [2.45, 2.75) is 6.18 Å². The van der Waals surface area contributed by atoms with E-state index in [2.05, 4.69) is 10.5 Å². The van der Waals surface area contributed by atoms with Crippen molar-refractivity contribution in [1.82, 2.24) is 5.43 Å². The Morgan fingerprint density at radius 3 is 2.30 bits per heavy atom. The Kier molecular flexibility index (Phi) is 5.81. The first kappa shape index (κ1) is 21.0. The molecule has 3 aromatic carbocycles. The molecule has 0 atom stereocenters. The molecular weight excluding hydrogens is 407 g/mol. The van der Waals surface area contributed by atoms with E-state index in [1.165, 1.54) is 36.4 Å². The van der Waals surface area contributed by atoms with Crippen LogP contribution in [-0.4, -0.2) is 17.2 Å². The molecule has 0 saturated heterocycles. The Hall–Kier alpha value is -3.75. The van der Waals surface area contributed by atoms with Gasteiger partial charge in [0.2, 0.25) is 0 Å². The molecule has 3 aromatic rings. The zero-order chi connectivity index (χ0) is 21.9. The number of nitrogens with one attached hydrogen (secondary N) is 1. The highest BCUT2D eigenvalue weighted by atomic mass is 19.4. The molecule has 0 aliphatic rings. The summed E-state index contributed by atoms with van der Waals surface area (Å²) in [6, 6.07) is 10.8. The number of amides is 1. The topological polar surface area (TPSA) is 61.7 Å². The predicted molar refractivity (Wildman–Crippen MR) is 100.0 cm³/mol. The first-order valence-corrected chi connectivity index (χ1v) is 8.44. The second-order valence-corrected chi connectivity index (χ2v) is 6.17. The standard InChI is InChI=1S/C21H13F5N2O2/c22-15-6-7-16(18(23)10-15)13-3-8-19(29)17(9-13)20(30)28-27-11-12-1-4-14(5-2-12)21(24,25)26/h1-11,29H,(H,28,30)/b27-11+. The molecule has 4 nitrogen and oxygen atoms in total. The number of hydrazone groups is 1. The maximum atomic E-state index is 14.0. The Balaban J connectivity index is 1.76. The number of halogens is 5. The maximum Gasteiger partial charge on any atom is 0.416 e. The zero-order valence-electron chi connectivity index (χ0n) is 15.0. The lowest BCUT2D eigenvalue weighted by Gasteiger charge is -2.08. The molecule has 9 heteroatoms. The normalized spacial score (nSPS) is 11.6. The number of carbonyl (C=O) groups excluding carboxylic acids is 1. The van der Waals surface area contributed by atoms with Crippen LogP contribution in [-0.2, 0) is 6.18 Å². The second kappa shape index (κ2) is 8.32. The lowest BCUT2D eigenvalue weighted by Crippen LogP contribution is -2.17. The maximum absolute atomic E-state index is 14.0. The monoisotopic (exact) mass is 420 g/mol. The molecule has 0 aromatic heterocycles. The van der Waals surface area contributed by atoms with Crippen molar-refractivity contribution in [2.24, 2.45) is 5.10 Å². The average molecular weight is 420 g/mol. The van der Waals surface area contributed by atoms with Crippen LogP contribution in [0.15, 0.2) is 65.8 Å². The van der Waals surface area contributed by atoms with Crippen molar-refractivity contribution in [3.05, 3.63) is 89.0 Å². The van der Waals surface area contributed by atoms with Crippen molar-refractivity contribution in [2.75, 3.05) is 0 Å². The van der Waals surface area contributed by atoms with Gasteiger partial charge in [0, 0.05) is 11.6 Å². The summed E-state index contributed by atoms with van der Waals surface area (Å²) in [7, 11) is 0. The molecule has 0 aliphatic heterocycles. The molecule has 0 bridgehead atoms. The van der Waals surface area contributed by atoms with Gasteiger partial charge >= 0.3 is 6.18 Å². The number of phenols is 1. The molecule has 0 heterocycles. The average Bonchev–Trinajstić information content (AvgIpc) is 2.68. The van der Waals surface area contributed by atoms with E-state index in [-0.39, 0.29) is 16.7 Å². The van der Waals surface area contributed by atoms with Crippen LogP contribution in [0.5, 0.6) is 5.75 Å². The molecule has 30 heavy (non-hydrogen) atoms. The molecule has 0 saturated carbocycles. The second-order valence-electron chi connectivity index (χ2n) is 6.17. The van der Waals surface area contributed by atoms with E-state index >= 15 is 0 Å². The smallest absolute Gasteiger partial charge is 0.416 e. The zero-order valence-corrected chi connectivity index (χ0v) is 15.0. The fourth-order valence-electron chi connectivity index (χ4n) is 2.59. The summed E-state index contributed by atoms with van der Waals surface area (Å²) in [6.45, 7) is 0. The minimum atomic E-state index is -4.46. The highest BCUT2D eigenvalue weighted by molar-refractivity contribution is 5.98. The number of alkyl halides is 3. The molecule has 3 rings (SSSR count). The van der Waals surface area contributed by atoms with Gasteiger partial charge in [-0.15, -0.1) is 0 Å². The molecule has 2 N–H and O–H groups in total. The van der Waals surface area contributed by atoms with Crippen LogP contribution in [0.2, 0.25) is 0 Å². The summed E-state index contributed by atoms with van der Waals surface area (Å²) in [5, 5.41) is 13.6. The highest BCUT2D eigenvalue weighted by Crippen LogP contribution is 2.29. The van der Waals surface area contributed by atoms with E-state index in [4.69, 9.17) is 0 Å². The van der Waals surface area contributed by atoms with Crippen LogP contribution in [0.3, 0.4) is 0 Å². The lowest BCUT2D eigenvalue weighted by molar-refractivity contribution is -0.137. The van der Waals surface area contributed by atoms with Crippen molar-refractivity contribution in [1.29, 1.82) is 0 Å². The summed E-state index contributed by atoms with van der Waals surface area (Å²) in [4.78, 5) is 12.3. The highest BCUT2D eigenvalue weighted by Gasteiger charge is 2.29. The van der Waals surface area contributed by atoms with E-state index in [9.17, 15) is 31.9 Å². The van der Waals surface area contributed by atoms with Crippen LogP contribution in [0.25, 0.3) is 11.1 Å². The molecule has 0 aliphatic carbocycles. The number of aromatic hydroxyl groups is 1. The fraction of sp³-hybridized carbons (Fsp3) is 0.0476. The van der Waals surface area contributed by atoms with Crippen LogP contribution in [0.4, 0.5) is 22.0 Å². The number of carbonyl (C=O) groups is 1. The molecule has 0 fully saturated rings. The third kappa shape index (κ3) is 4.80. The third-order valence-electron chi connectivity index (χ3n) is 4.10. The van der Waals surface area contributed by atoms with Gasteiger partial charge in [0.15, 0.2) is 0 Å². The van der Waals surface area contributed by atoms with Crippen LogP contribution >= 0.6 is 0 Å². The Morgan fingerprint density at radius 2 is 1.67 bits per heavy atom. The van der Waals surface area contributed by atoms with Crippen molar-refractivity contribution in [3.8, 4) is 16.9 Å². The van der Waals surface area contributed by atoms with E-state index < -0.39 is 35.0 Å². The molecule has 0 unspecified atom stereocenters. The van der Waals surface area contributed by atoms with E-state index in [0.717, 1.165) is 24.4 Å². The van der Waals surface area contributed by atoms with Gasteiger partial charge in [-0.1, -0.05) is 18.2 Å². The number of rotatable bonds is 4. The van der Waals surface area contributed by atoms with Gasteiger partial charge in [-0.3, -0.25) is 4.79 Å². The SMILES string of the molecule is O=C(N/N=C/c1ccc(C(F)(F)F)cc1)c1cc(-c2ccc(F)cc2F)ccc1O. The Bertz CT molecular complexity index is 1110. The van der Waals surface area contributed by atoms with Crippen molar-refractivity contribution in [3.63, 3.8) is 0 Å². The molecular formula is C21H13F5N2O2. The van der Waals surface area contributed by atoms with Gasteiger partial charge in [-0.05, 0) is 47.5 Å². The third-order valence-corrected chi connectivity index (χ3v) is 4.10. The number of hydrogen-bond acceptors (Lipinski definition) is 3. The van der Waals surface area contributed by atoms with Crippen LogP contribution in [0.1, 0.15) is 21.5 Å². The lowest BCUT2D eigenvalue weighted by atomic mass is 10.0. The predicted octanol–water partition coefficient (Wildman–Crippen LogP) is 5.12.